The van der Waals surface area contributed by atoms with Gasteiger partial charge in [-0.3, -0.25) is 4.79 Å². The molecule has 156 valence electrons. The Balaban J connectivity index is 1.72. The summed E-state index contributed by atoms with van der Waals surface area (Å²) in [4.78, 5) is 15.4. The fourth-order valence-corrected chi connectivity index (χ4v) is 3.83. The van der Waals surface area contributed by atoms with Gasteiger partial charge in [-0.1, -0.05) is 78.9 Å². The molecule has 1 N–H and O–H groups in total. The molecule has 1 unspecified atom stereocenters. The number of rotatable bonds is 10. The molecule has 0 aliphatic rings. The van der Waals surface area contributed by atoms with Gasteiger partial charge in [-0.25, -0.2) is 0 Å². The van der Waals surface area contributed by atoms with Crippen LogP contribution in [-0.4, -0.2) is 36.4 Å². The highest BCUT2D eigenvalue weighted by Crippen LogP contribution is 2.23. The van der Waals surface area contributed by atoms with Crippen molar-refractivity contribution in [3.63, 3.8) is 0 Å². The van der Waals surface area contributed by atoms with Gasteiger partial charge < -0.3 is 10.0 Å². The van der Waals surface area contributed by atoms with Crippen LogP contribution in [-0.2, 0) is 12.8 Å². The number of hydrogen-bond donors (Lipinski definition) is 1. The van der Waals surface area contributed by atoms with E-state index < -0.39 is 6.10 Å². The van der Waals surface area contributed by atoms with Crippen molar-refractivity contribution in [2.24, 2.45) is 5.92 Å². The van der Waals surface area contributed by atoms with Crippen molar-refractivity contribution in [2.45, 2.75) is 25.4 Å². The Morgan fingerprint density at radius 1 is 0.867 bits per heavy atom. The molecule has 3 aromatic rings. The van der Waals surface area contributed by atoms with Crippen LogP contribution >= 0.6 is 0 Å². The Hall–Kier alpha value is -2.75. The molecule has 3 heteroatoms. The largest absolute Gasteiger partial charge is 0.388 e. The number of hydrogen-bond acceptors (Lipinski definition) is 3. The summed E-state index contributed by atoms with van der Waals surface area (Å²) in [7, 11) is 3.99. The first-order valence-corrected chi connectivity index (χ1v) is 10.6. The van der Waals surface area contributed by atoms with Gasteiger partial charge in [-0.15, -0.1) is 0 Å². The molecule has 0 radical (unpaired) electrons. The average molecular weight is 402 g/mol. The third-order valence-electron chi connectivity index (χ3n) is 5.39. The smallest absolute Gasteiger partial charge is 0.167 e. The van der Waals surface area contributed by atoms with Gasteiger partial charge in [0.2, 0.25) is 0 Å². The van der Waals surface area contributed by atoms with E-state index in [1.54, 1.807) is 0 Å². The number of aryl methyl sites for hydroxylation is 1. The molecular weight excluding hydrogens is 370 g/mol. The van der Waals surface area contributed by atoms with Crippen molar-refractivity contribution in [1.29, 1.82) is 0 Å². The van der Waals surface area contributed by atoms with Gasteiger partial charge in [0, 0.05) is 18.0 Å². The maximum Gasteiger partial charge on any atom is 0.167 e. The van der Waals surface area contributed by atoms with Gasteiger partial charge in [0.05, 0.1) is 6.10 Å². The average Bonchev–Trinajstić information content (AvgIpc) is 2.77. The van der Waals surface area contributed by atoms with E-state index in [-0.39, 0.29) is 11.7 Å². The monoisotopic (exact) mass is 401 g/mol. The lowest BCUT2D eigenvalue weighted by Gasteiger charge is -2.21. The van der Waals surface area contributed by atoms with Gasteiger partial charge in [0.1, 0.15) is 0 Å². The molecule has 3 aromatic carbocycles. The SMILES string of the molecule is CN(C)C[C@H](Cc1ccccc1)C(=O)c1cccc(C(O)CCc2ccccc2)c1. The van der Waals surface area contributed by atoms with Gasteiger partial charge in [0.25, 0.3) is 0 Å². The summed E-state index contributed by atoms with van der Waals surface area (Å²) >= 11 is 0. The second-order valence-electron chi connectivity index (χ2n) is 8.18. The molecule has 3 nitrogen and oxygen atoms in total. The van der Waals surface area contributed by atoms with Crippen molar-refractivity contribution < 1.29 is 9.90 Å². The Kier molecular flexibility index (Phi) is 7.95. The highest BCUT2D eigenvalue weighted by Gasteiger charge is 2.22. The normalized spacial score (nSPS) is 13.2. The predicted molar refractivity (Wildman–Crippen MR) is 123 cm³/mol. The Morgan fingerprint density at radius 2 is 1.50 bits per heavy atom. The molecule has 3 rings (SSSR count). The van der Waals surface area contributed by atoms with Crippen LogP contribution < -0.4 is 0 Å². The quantitative estimate of drug-likeness (QED) is 0.488. The highest BCUT2D eigenvalue weighted by atomic mass is 16.3. The number of carbonyl (C=O) groups excluding carboxylic acids is 1. The predicted octanol–water partition coefficient (Wildman–Crippen LogP) is 4.96. The second-order valence-corrected chi connectivity index (χ2v) is 8.18. The number of ketones is 1. The number of nitrogens with zero attached hydrogens (tertiary/aromatic N) is 1. The fraction of sp³-hybridized carbons (Fsp3) is 0.296. The van der Waals surface area contributed by atoms with Gasteiger partial charge >= 0.3 is 0 Å². The third-order valence-corrected chi connectivity index (χ3v) is 5.39. The molecule has 0 aliphatic carbocycles. The molecule has 0 spiro atoms. The number of Topliss-reactive ketones (excluding diaryl/α,β-unsaturated/α-hetero) is 1. The van der Waals surface area contributed by atoms with Gasteiger partial charge in [-0.2, -0.15) is 0 Å². The van der Waals surface area contributed by atoms with E-state index in [0.717, 1.165) is 17.5 Å². The first kappa shape index (κ1) is 21.9. The van der Waals surface area contributed by atoms with E-state index in [1.807, 2.05) is 74.8 Å². The van der Waals surface area contributed by atoms with E-state index >= 15 is 0 Å². The molecule has 0 amide bonds. The summed E-state index contributed by atoms with van der Waals surface area (Å²) in [6, 6.07) is 27.8. The molecule has 0 fully saturated rings. The summed E-state index contributed by atoms with van der Waals surface area (Å²) < 4.78 is 0. The first-order chi connectivity index (χ1) is 14.5. The van der Waals surface area contributed by atoms with Gasteiger partial charge in [0.15, 0.2) is 5.78 Å². The summed E-state index contributed by atoms with van der Waals surface area (Å²) in [6.07, 6.45) is 1.56. The Morgan fingerprint density at radius 3 is 2.13 bits per heavy atom. The lowest BCUT2D eigenvalue weighted by molar-refractivity contribution is 0.0896. The fourth-order valence-electron chi connectivity index (χ4n) is 3.83. The zero-order chi connectivity index (χ0) is 21.3. The first-order valence-electron chi connectivity index (χ1n) is 10.6. The van der Waals surface area contributed by atoms with Crippen LogP contribution in [0.25, 0.3) is 0 Å². The van der Waals surface area contributed by atoms with Crippen LogP contribution in [0.3, 0.4) is 0 Å². The second kappa shape index (κ2) is 10.9. The number of benzene rings is 3. The maximum absolute atomic E-state index is 13.3. The minimum absolute atomic E-state index is 0.126. The summed E-state index contributed by atoms with van der Waals surface area (Å²) in [5.74, 6) is 0.00349. The van der Waals surface area contributed by atoms with E-state index in [0.29, 0.717) is 24.9 Å². The van der Waals surface area contributed by atoms with Crippen molar-refractivity contribution in [3.8, 4) is 0 Å². The molecule has 0 saturated carbocycles. The molecule has 0 aliphatic heterocycles. The van der Waals surface area contributed by atoms with Crippen molar-refractivity contribution in [2.75, 3.05) is 20.6 Å². The third kappa shape index (κ3) is 6.38. The molecule has 2 atom stereocenters. The molecule has 0 heterocycles. The standard InChI is InChI=1S/C27H31NO2/c1-28(2)20-25(18-22-12-7-4-8-13-22)27(30)24-15-9-14-23(19-24)26(29)17-16-21-10-5-3-6-11-21/h3-15,19,25-26,29H,16-18,20H2,1-2H3/t25-,26?/m0/s1. The van der Waals surface area contributed by atoms with E-state index in [2.05, 4.69) is 29.2 Å². The van der Waals surface area contributed by atoms with Crippen LogP contribution in [0.4, 0.5) is 0 Å². The topological polar surface area (TPSA) is 40.5 Å². The number of aliphatic hydroxyl groups is 1. The lowest BCUT2D eigenvalue weighted by Crippen LogP contribution is -2.29. The van der Waals surface area contributed by atoms with Crippen LogP contribution in [0.5, 0.6) is 0 Å². The molecule has 30 heavy (non-hydrogen) atoms. The summed E-state index contributed by atoms with van der Waals surface area (Å²) in [6.45, 7) is 0.689. The van der Waals surface area contributed by atoms with E-state index in [1.165, 1.54) is 5.56 Å². The molecular formula is C27H31NO2. The highest BCUT2D eigenvalue weighted by molar-refractivity contribution is 5.98. The summed E-state index contributed by atoms with van der Waals surface area (Å²) in [5.41, 5.74) is 3.85. The van der Waals surface area contributed by atoms with Crippen molar-refractivity contribution in [1.82, 2.24) is 4.90 Å². The summed E-state index contributed by atoms with van der Waals surface area (Å²) in [5, 5.41) is 10.7. The van der Waals surface area contributed by atoms with Crippen molar-refractivity contribution >= 4 is 5.78 Å². The van der Waals surface area contributed by atoms with Crippen LogP contribution in [0.2, 0.25) is 0 Å². The van der Waals surface area contributed by atoms with Crippen LogP contribution in [0.15, 0.2) is 84.9 Å². The minimum Gasteiger partial charge on any atom is -0.388 e. The maximum atomic E-state index is 13.3. The van der Waals surface area contributed by atoms with Crippen LogP contribution in [0, 0.1) is 5.92 Å². The molecule has 0 aromatic heterocycles. The molecule has 0 bridgehead atoms. The zero-order valence-corrected chi connectivity index (χ0v) is 17.9. The molecule has 0 saturated heterocycles. The van der Waals surface area contributed by atoms with Gasteiger partial charge in [-0.05, 0) is 56.1 Å². The van der Waals surface area contributed by atoms with Crippen LogP contribution in [0.1, 0.15) is 39.6 Å². The number of aliphatic hydroxyl groups excluding tert-OH is 1. The van der Waals surface area contributed by atoms with E-state index in [4.69, 9.17) is 0 Å². The van der Waals surface area contributed by atoms with E-state index in [9.17, 15) is 9.90 Å². The zero-order valence-electron chi connectivity index (χ0n) is 17.9. The van der Waals surface area contributed by atoms with Crippen molar-refractivity contribution in [3.05, 3.63) is 107 Å². The Labute approximate surface area is 180 Å². The number of carbonyl (C=O) groups is 1. The lowest BCUT2D eigenvalue weighted by atomic mass is 9.89. The minimum atomic E-state index is -0.584. The Bertz CT molecular complexity index is 922.